The molecule has 29 heavy (non-hydrogen) atoms. The number of fused-ring (bicyclic) bond motifs is 2. The molecule has 4 nitrogen and oxygen atoms in total. The molecule has 2 aromatic rings. The molecule has 0 radical (unpaired) electrons. The third-order valence-electron chi connectivity index (χ3n) is 5.62. The van der Waals surface area contributed by atoms with E-state index >= 15 is 0 Å². The van der Waals surface area contributed by atoms with Gasteiger partial charge in [0.25, 0.3) is 0 Å². The standard InChI is InChI=1S/C21H21Cl2NO3S.ClH/c22-16-2-1-3-17(23)20(16)28-14-4-5-15-18(12-14)27-13-21(15)7-10-24(11-8-21)9-6-19(25)26;/h1-5,12H,6-11,13H2,(H,25,26);1H. The third-order valence-corrected chi connectivity index (χ3v) is 7.61. The highest BCUT2D eigenvalue weighted by Gasteiger charge is 2.43. The van der Waals surface area contributed by atoms with Crippen molar-refractivity contribution in [2.75, 3.05) is 26.2 Å². The summed E-state index contributed by atoms with van der Waals surface area (Å²) in [4.78, 5) is 14.9. The van der Waals surface area contributed by atoms with E-state index in [9.17, 15) is 4.79 Å². The van der Waals surface area contributed by atoms with Crippen molar-refractivity contribution in [3.05, 3.63) is 52.0 Å². The van der Waals surface area contributed by atoms with Crippen LogP contribution in [0.1, 0.15) is 24.8 Å². The van der Waals surface area contributed by atoms with Crippen molar-refractivity contribution in [2.24, 2.45) is 0 Å². The SMILES string of the molecule is Cl.O=C(O)CCN1CCC2(CC1)COc1cc(Sc3c(Cl)cccc3Cl)ccc12. The van der Waals surface area contributed by atoms with E-state index in [1.165, 1.54) is 5.56 Å². The number of nitrogens with zero attached hydrogens (tertiary/aromatic N) is 1. The number of carboxylic acids is 1. The van der Waals surface area contributed by atoms with Crippen LogP contribution in [0.15, 0.2) is 46.2 Å². The first-order chi connectivity index (χ1) is 13.5. The highest BCUT2D eigenvalue weighted by Crippen LogP contribution is 2.48. The molecule has 1 N–H and O–H groups in total. The van der Waals surface area contributed by atoms with Gasteiger partial charge < -0.3 is 14.7 Å². The largest absolute Gasteiger partial charge is 0.492 e. The Bertz CT molecular complexity index is 880. The Labute approximate surface area is 190 Å². The lowest BCUT2D eigenvalue weighted by Crippen LogP contribution is -2.44. The molecule has 8 heteroatoms. The molecule has 1 spiro atoms. The van der Waals surface area contributed by atoms with Crippen LogP contribution >= 0.6 is 47.4 Å². The van der Waals surface area contributed by atoms with Crippen LogP contribution in [0.25, 0.3) is 0 Å². The minimum absolute atomic E-state index is 0. The van der Waals surface area contributed by atoms with Crippen LogP contribution in [0.2, 0.25) is 10.0 Å². The van der Waals surface area contributed by atoms with Gasteiger partial charge in [-0.25, -0.2) is 0 Å². The fraction of sp³-hybridized carbons (Fsp3) is 0.381. The summed E-state index contributed by atoms with van der Waals surface area (Å²) < 4.78 is 6.07. The molecule has 0 unspecified atom stereocenters. The van der Waals surface area contributed by atoms with E-state index in [0.717, 1.165) is 41.5 Å². The summed E-state index contributed by atoms with van der Waals surface area (Å²) in [6, 6.07) is 11.9. The normalized spacial score (nSPS) is 17.4. The number of hydrogen-bond acceptors (Lipinski definition) is 4. The Morgan fingerprint density at radius 1 is 1.17 bits per heavy atom. The van der Waals surface area contributed by atoms with Gasteiger partial charge in [-0.2, -0.15) is 0 Å². The topological polar surface area (TPSA) is 49.8 Å². The van der Waals surface area contributed by atoms with Gasteiger partial charge in [-0.1, -0.05) is 47.1 Å². The molecule has 0 atom stereocenters. The van der Waals surface area contributed by atoms with Gasteiger partial charge in [0.05, 0.1) is 23.1 Å². The summed E-state index contributed by atoms with van der Waals surface area (Å²) >= 11 is 14.1. The minimum atomic E-state index is -0.738. The molecule has 4 rings (SSSR count). The summed E-state index contributed by atoms with van der Waals surface area (Å²) in [6.07, 6.45) is 2.18. The summed E-state index contributed by atoms with van der Waals surface area (Å²) in [5.74, 6) is 0.200. The van der Waals surface area contributed by atoms with Crippen LogP contribution in [0.4, 0.5) is 0 Å². The van der Waals surface area contributed by atoms with Gasteiger partial charge in [-0.3, -0.25) is 4.79 Å². The third kappa shape index (κ3) is 4.80. The molecule has 1 fully saturated rings. The fourth-order valence-corrected chi connectivity index (χ4v) is 5.49. The van der Waals surface area contributed by atoms with Gasteiger partial charge in [-0.05, 0) is 50.2 Å². The number of halogens is 3. The van der Waals surface area contributed by atoms with Crippen molar-refractivity contribution in [1.82, 2.24) is 4.90 Å². The number of carbonyl (C=O) groups is 1. The van der Waals surface area contributed by atoms with Crippen molar-refractivity contribution in [1.29, 1.82) is 0 Å². The predicted molar refractivity (Wildman–Crippen MR) is 119 cm³/mol. The van der Waals surface area contributed by atoms with E-state index in [4.69, 9.17) is 33.0 Å². The summed E-state index contributed by atoms with van der Waals surface area (Å²) in [7, 11) is 0. The van der Waals surface area contributed by atoms with Gasteiger partial charge in [0.1, 0.15) is 5.75 Å². The van der Waals surface area contributed by atoms with E-state index in [1.807, 2.05) is 18.2 Å². The number of piperidine rings is 1. The van der Waals surface area contributed by atoms with E-state index in [-0.39, 0.29) is 24.2 Å². The number of benzene rings is 2. The molecule has 1 saturated heterocycles. The van der Waals surface area contributed by atoms with Gasteiger partial charge in [0, 0.05) is 27.3 Å². The maximum absolute atomic E-state index is 10.8. The maximum atomic E-state index is 10.8. The smallest absolute Gasteiger partial charge is 0.304 e. The van der Waals surface area contributed by atoms with Crippen molar-refractivity contribution < 1.29 is 14.6 Å². The van der Waals surface area contributed by atoms with Crippen LogP contribution < -0.4 is 4.74 Å². The first-order valence-electron chi connectivity index (χ1n) is 9.30. The minimum Gasteiger partial charge on any atom is -0.492 e. The molecule has 0 aromatic heterocycles. The molecular weight excluding hydrogens is 453 g/mol. The Morgan fingerprint density at radius 2 is 1.86 bits per heavy atom. The van der Waals surface area contributed by atoms with Crippen molar-refractivity contribution in [3.63, 3.8) is 0 Å². The van der Waals surface area contributed by atoms with E-state index in [2.05, 4.69) is 23.1 Å². The molecular formula is C21H22Cl3NO3S. The first kappa shape index (κ1) is 22.6. The van der Waals surface area contributed by atoms with Crippen molar-refractivity contribution in [3.8, 4) is 5.75 Å². The number of ether oxygens (including phenoxy) is 1. The number of hydrogen-bond donors (Lipinski definition) is 1. The highest BCUT2D eigenvalue weighted by molar-refractivity contribution is 7.99. The van der Waals surface area contributed by atoms with Gasteiger partial charge in [0.15, 0.2) is 0 Å². The lowest BCUT2D eigenvalue weighted by Gasteiger charge is -2.38. The highest BCUT2D eigenvalue weighted by atomic mass is 35.5. The van der Waals surface area contributed by atoms with Crippen LogP contribution in [-0.2, 0) is 10.2 Å². The zero-order valence-electron chi connectivity index (χ0n) is 15.7. The molecule has 0 aliphatic carbocycles. The van der Waals surface area contributed by atoms with Crippen molar-refractivity contribution >= 4 is 53.3 Å². The lowest BCUT2D eigenvalue weighted by molar-refractivity contribution is -0.137. The van der Waals surface area contributed by atoms with Gasteiger partial charge in [0.2, 0.25) is 0 Å². The molecule has 0 saturated carbocycles. The number of aliphatic carboxylic acids is 1. The first-order valence-corrected chi connectivity index (χ1v) is 10.9. The Morgan fingerprint density at radius 3 is 2.52 bits per heavy atom. The van der Waals surface area contributed by atoms with Gasteiger partial charge in [-0.15, -0.1) is 12.4 Å². The second-order valence-electron chi connectivity index (χ2n) is 7.37. The quantitative estimate of drug-likeness (QED) is 0.596. The number of carboxylic acid groups (broad SMARTS) is 1. The predicted octanol–water partition coefficient (Wildman–Crippen LogP) is 5.77. The average Bonchev–Trinajstić information content (AvgIpc) is 3.02. The molecule has 2 aliphatic rings. The van der Waals surface area contributed by atoms with Crippen LogP contribution in [0.3, 0.4) is 0 Å². The molecule has 0 amide bonds. The monoisotopic (exact) mass is 473 g/mol. The lowest BCUT2D eigenvalue weighted by atomic mass is 9.74. The van der Waals surface area contributed by atoms with Crippen LogP contribution in [-0.4, -0.2) is 42.2 Å². The van der Waals surface area contributed by atoms with Crippen LogP contribution in [0, 0.1) is 0 Å². The van der Waals surface area contributed by atoms with E-state index in [0.29, 0.717) is 23.2 Å². The second kappa shape index (κ2) is 9.36. The van der Waals surface area contributed by atoms with Crippen LogP contribution in [0.5, 0.6) is 5.75 Å². The second-order valence-corrected chi connectivity index (χ2v) is 9.26. The number of rotatable bonds is 5. The van der Waals surface area contributed by atoms with E-state index < -0.39 is 5.97 Å². The van der Waals surface area contributed by atoms with Gasteiger partial charge >= 0.3 is 5.97 Å². The molecule has 2 aromatic carbocycles. The molecule has 156 valence electrons. The molecule has 2 aliphatic heterocycles. The average molecular weight is 475 g/mol. The zero-order valence-corrected chi connectivity index (χ0v) is 18.8. The zero-order chi connectivity index (χ0) is 19.7. The van der Waals surface area contributed by atoms with Crippen molar-refractivity contribution in [2.45, 2.75) is 34.5 Å². The summed E-state index contributed by atoms with van der Waals surface area (Å²) in [6.45, 7) is 3.12. The Kier molecular flexibility index (Phi) is 7.28. The summed E-state index contributed by atoms with van der Waals surface area (Å²) in [5, 5.41) is 10.2. The molecule has 2 heterocycles. The summed E-state index contributed by atoms with van der Waals surface area (Å²) in [5.41, 5.74) is 1.31. The Balaban J connectivity index is 0.00000240. The maximum Gasteiger partial charge on any atom is 0.304 e. The Hall–Kier alpha value is -1.11. The molecule has 0 bridgehead atoms. The number of likely N-dealkylation sites (tertiary alicyclic amines) is 1. The fourth-order valence-electron chi connectivity index (χ4n) is 3.99. The van der Waals surface area contributed by atoms with E-state index in [1.54, 1.807) is 11.8 Å².